The number of nitrogens with one attached hydrogen (secondary N) is 1. The van der Waals surface area contributed by atoms with Gasteiger partial charge in [0, 0.05) is 34.4 Å². The third kappa shape index (κ3) is 3.53. The number of phenols is 1. The highest BCUT2D eigenvalue weighted by Crippen LogP contribution is 2.42. The van der Waals surface area contributed by atoms with Gasteiger partial charge < -0.3 is 15.0 Å². The van der Waals surface area contributed by atoms with Gasteiger partial charge in [0.25, 0.3) is 0 Å². The zero-order valence-corrected chi connectivity index (χ0v) is 17.8. The Morgan fingerprint density at radius 2 is 1.91 bits per heavy atom. The van der Waals surface area contributed by atoms with Crippen molar-refractivity contribution in [1.82, 2.24) is 15.0 Å². The van der Waals surface area contributed by atoms with Gasteiger partial charge in [0.05, 0.1) is 11.1 Å². The summed E-state index contributed by atoms with van der Waals surface area (Å²) in [4.78, 5) is 13.0. The lowest BCUT2D eigenvalue weighted by molar-refractivity contribution is -0.141. The summed E-state index contributed by atoms with van der Waals surface area (Å²) in [5, 5.41) is 11.9. The first-order valence-electron chi connectivity index (χ1n) is 9.67. The second-order valence-electron chi connectivity index (χ2n) is 7.50. The minimum absolute atomic E-state index is 0.0541. The molecule has 2 aromatic heterocycles. The molecule has 0 fully saturated rings. The fourth-order valence-corrected chi connectivity index (χ4v) is 4.46. The van der Waals surface area contributed by atoms with Crippen LogP contribution >= 0.6 is 23.2 Å². The normalized spacial score (nSPS) is 16.4. The van der Waals surface area contributed by atoms with Crippen LogP contribution in [-0.2, 0) is 12.6 Å². The second-order valence-corrected chi connectivity index (χ2v) is 8.35. The number of phenolic OH excluding ortho intramolecular Hbond substituents is 1. The number of nitrogens with zero attached hydrogens (tertiary/aromatic N) is 3. The molecule has 2 N–H and O–H groups in total. The van der Waals surface area contributed by atoms with E-state index in [0.29, 0.717) is 23.6 Å². The van der Waals surface area contributed by atoms with Gasteiger partial charge >= 0.3 is 6.18 Å². The molecule has 1 aliphatic rings. The van der Waals surface area contributed by atoms with Gasteiger partial charge in [-0.2, -0.15) is 13.2 Å². The Balaban J connectivity index is 1.71. The lowest BCUT2D eigenvalue weighted by Crippen LogP contribution is -2.37. The summed E-state index contributed by atoms with van der Waals surface area (Å²) in [6, 6.07) is 10.5. The Hall–Kier alpha value is -2.97. The van der Waals surface area contributed by atoms with Gasteiger partial charge in [-0.1, -0.05) is 29.3 Å². The second kappa shape index (κ2) is 7.56. The zero-order chi connectivity index (χ0) is 22.6. The average molecular weight is 479 g/mol. The van der Waals surface area contributed by atoms with E-state index >= 15 is 0 Å². The van der Waals surface area contributed by atoms with Crippen LogP contribution in [0, 0.1) is 0 Å². The average Bonchev–Trinajstić information content (AvgIpc) is 3.12. The fourth-order valence-electron chi connectivity index (χ4n) is 4.17. The van der Waals surface area contributed by atoms with Crippen LogP contribution in [-0.4, -0.2) is 26.6 Å². The van der Waals surface area contributed by atoms with Crippen LogP contribution in [0.1, 0.15) is 28.6 Å². The maximum absolute atomic E-state index is 13.3. The topological polar surface area (TPSA) is 65.0 Å². The Morgan fingerprint density at radius 3 is 2.66 bits per heavy atom. The first-order chi connectivity index (χ1) is 15.2. The monoisotopic (exact) mass is 478 g/mol. The smallest absolute Gasteiger partial charge is 0.433 e. The molecule has 5 rings (SSSR count). The Labute approximate surface area is 190 Å². The number of aromatic hydroxyl groups is 1. The predicted molar refractivity (Wildman–Crippen MR) is 116 cm³/mol. The lowest BCUT2D eigenvalue weighted by Gasteiger charge is -2.36. The third-order valence-electron chi connectivity index (χ3n) is 5.57. The van der Waals surface area contributed by atoms with E-state index in [1.165, 1.54) is 6.07 Å². The fraction of sp³-hybridized carbons (Fsp3) is 0.182. The molecule has 2 aromatic carbocycles. The standard InChI is InChI=1S/C22H15Cl2F3N4O/c23-12-2-4-16-14(10-12)13-6-8-31(21-28-7-5-18(30-21)22(25,26)27)20(19(13)29-16)11-1-3-15(24)17(32)9-11/h1-5,7,9-10,20,29,32H,6,8H2. The molecule has 5 nitrogen and oxygen atoms in total. The molecule has 0 radical (unpaired) electrons. The van der Waals surface area contributed by atoms with Crippen LogP contribution in [0.5, 0.6) is 5.75 Å². The summed E-state index contributed by atoms with van der Waals surface area (Å²) < 4.78 is 39.9. The maximum Gasteiger partial charge on any atom is 0.433 e. The zero-order valence-electron chi connectivity index (χ0n) is 16.3. The van der Waals surface area contributed by atoms with E-state index in [0.717, 1.165) is 34.4 Å². The van der Waals surface area contributed by atoms with Crippen molar-refractivity contribution in [3.05, 3.63) is 81.2 Å². The molecule has 10 heteroatoms. The SMILES string of the molecule is Oc1cc(C2c3[nH]c4ccc(Cl)cc4c3CCN2c2nccc(C(F)(F)F)n2)ccc1Cl. The van der Waals surface area contributed by atoms with Crippen molar-refractivity contribution in [3.63, 3.8) is 0 Å². The van der Waals surface area contributed by atoms with Crippen molar-refractivity contribution in [2.24, 2.45) is 0 Å². The molecule has 0 saturated carbocycles. The molecule has 1 aliphatic heterocycles. The molecule has 0 spiro atoms. The van der Waals surface area contributed by atoms with Crippen LogP contribution < -0.4 is 4.90 Å². The van der Waals surface area contributed by atoms with Gasteiger partial charge in [-0.15, -0.1) is 0 Å². The summed E-state index contributed by atoms with van der Waals surface area (Å²) in [5.74, 6) is -0.179. The molecule has 1 unspecified atom stereocenters. The van der Waals surface area contributed by atoms with Crippen LogP contribution in [0.4, 0.5) is 19.1 Å². The molecule has 0 bridgehead atoms. The highest BCUT2D eigenvalue weighted by atomic mass is 35.5. The van der Waals surface area contributed by atoms with E-state index in [1.54, 1.807) is 23.1 Å². The molecular formula is C22H15Cl2F3N4O. The van der Waals surface area contributed by atoms with E-state index < -0.39 is 17.9 Å². The number of H-pyrrole nitrogens is 1. The molecule has 0 amide bonds. The third-order valence-corrected chi connectivity index (χ3v) is 6.12. The van der Waals surface area contributed by atoms with Gasteiger partial charge in [-0.3, -0.25) is 0 Å². The largest absolute Gasteiger partial charge is 0.506 e. The molecular weight excluding hydrogens is 464 g/mol. The van der Waals surface area contributed by atoms with E-state index in [1.807, 2.05) is 12.1 Å². The molecule has 3 heterocycles. The summed E-state index contributed by atoms with van der Waals surface area (Å²) in [6.45, 7) is 0.363. The van der Waals surface area contributed by atoms with Crippen molar-refractivity contribution in [2.75, 3.05) is 11.4 Å². The molecule has 0 aliphatic carbocycles. The van der Waals surface area contributed by atoms with Crippen molar-refractivity contribution < 1.29 is 18.3 Å². The van der Waals surface area contributed by atoms with Crippen molar-refractivity contribution in [2.45, 2.75) is 18.6 Å². The molecule has 4 aromatic rings. The van der Waals surface area contributed by atoms with Crippen LogP contribution in [0.2, 0.25) is 10.0 Å². The number of hydrogen-bond donors (Lipinski definition) is 2. The molecule has 1 atom stereocenters. The van der Waals surface area contributed by atoms with Crippen molar-refractivity contribution in [3.8, 4) is 5.75 Å². The van der Waals surface area contributed by atoms with Crippen LogP contribution in [0.25, 0.3) is 10.9 Å². The minimum Gasteiger partial charge on any atom is -0.506 e. The summed E-state index contributed by atoms with van der Waals surface area (Å²) >= 11 is 12.2. The number of halogens is 5. The van der Waals surface area contributed by atoms with Gasteiger partial charge in [-0.05, 0) is 53.9 Å². The summed E-state index contributed by atoms with van der Waals surface area (Å²) in [6.07, 6.45) is -2.95. The van der Waals surface area contributed by atoms with Gasteiger partial charge in [-0.25, -0.2) is 9.97 Å². The Kier molecular flexibility index (Phi) is 4.94. The number of aromatic nitrogens is 3. The van der Waals surface area contributed by atoms with Crippen molar-refractivity contribution >= 4 is 40.1 Å². The summed E-state index contributed by atoms with van der Waals surface area (Å²) in [7, 11) is 0. The van der Waals surface area contributed by atoms with Gasteiger partial charge in [0.1, 0.15) is 11.4 Å². The van der Waals surface area contributed by atoms with Crippen LogP contribution in [0.15, 0.2) is 48.7 Å². The Morgan fingerprint density at radius 1 is 1.09 bits per heavy atom. The first-order valence-corrected chi connectivity index (χ1v) is 10.4. The van der Waals surface area contributed by atoms with E-state index in [2.05, 4.69) is 15.0 Å². The number of rotatable bonds is 2. The quantitative estimate of drug-likeness (QED) is 0.363. The first kappa shape index (κ1) is 20.9. The van der Waals surface area contributed by atoms with Gasteiger partial charge in [0.2, 0.25) is 5.95 Å². The molecule has 0 saturated heterocycles. The molecule has 164 valence electrons. The van der Waals surface area contributed by atoms with Crippen LogP contribution in [0.3, 0.4) is 0 Å². The number of fused-ring (bicyclic) bond motifs is 3. The predicted octanol–water partition coefficient (Wildman–Crippen LogP) is 6.14. The number of alkyl halides is 3. The van der Waals surface area contributed by atoms with E-state index in [9.17, 15) is 18.3 Å². The Bertz CT molecular complexity index is 1340. The maximum atomic E-state index is 13.3. The highest BCUT2D eigenvalue weighted by molar-refractivity contribution is 6.32. The minimum atomic E-state index is -4.59. The highest BCUT2D eigenvalue weighted by Gasteiger charge is 2.37. The summed E-state index contributed by atoms with van der Waals surface area (Å²) in [5.41, 5.74) is 2.25. The molecule has 32 heavy (non-hydrogen) atoms. The number of hydrogen-bond acceptors (Lipinski definition) is 4. The number of aromatic amines is 1. The number of benzene rings is 2. The van der Waals surface area contributed by atoms with E-state index in [4.69, 9.17) is 23.2 Å². The van der Waals surface area contributed by atoms with Crippen molar-refractivity contribution in [1.29, 1.82) is 0 Å². The van der Waals surface area contributed by atoms with E-state index in [-0.39, 0.29) is 16.7 Å². The number of anilines is 1. The van der Waals surface area contributed by atoms with Gasteiger partial charge in [0.15, 0.2) is 0 Å². The lowest BCUT2D eigenvalue weighted by atomic mass is 9.92.